The molecule has 0 saturated carbocycles. The average Bonchev–Trinajstić information content (AvgIpc) is 1.82. The van der Waals surface area contributed by atoms with Crippen LogP contribution in [0.25, 0.3) is 0 Å². The molecule has 0 aromatic carbocycles. The molecule has 0 aliphatic carbocycles. The number of carboxylic acid groups (broad SMARTS) is 1. The van der Waals surface area contributed by atoms with Gasteiger partial charge in [0.2, 0.25) is 0 Å². The second-order valence-electron chi connectivity index (χ2n) is 1.37. The molecule has 0 aromatic heterocycles. The molecule has 0 fully saturated rings. The Bertz CT molecular complexity index is 113. The molecule has 0 rings (SSSR count). The van der Waals surface area contributed by atoms with Crippen LogP contribution in [0, 0.1) is 0 Å². The first-order chi connectivity index (χ1) is 4.20. The Morgan fingerprint density at radius 1 is 1.78 bits per heavy atom. The number of aliphatic hydroxyl groups excluding tert-OH is 1. The van der Waals surface area contributed by atoms with Crippen molar-refractivity contribution >= 4 is 12.4 Å². The second-order valence-corrected chi connectivity index (χ2v) is 1.37. The second kappa shape index (κ2) is 3.85. The zero-order valence-corrected chi connectivity index (χ0v) is 4.57. The molecule has 0 aliphatic heterocycles. The Hall–Kier alpha value is -1.10. The summed E-state index contributed by atoms with van der Waals surface area (Å²) in [5.41, 5.74) is 0. The lowest BCUT2D eigenvalue weighted by atomic mass is 10.4. The topological polar surface area (TPSA) is 86.6 Å². The summed E-state index contributed by atoms with van der Waals surface area (Å²) in [5, 5.41) is 18.0. The number of hydrogen-bond donors (Lipinski definition) is 3. The molecule has 0 heterocycles. The van der Waals surface area contributed by atoms with Gasteiger partial charge >= 0.3 is 6.09 Å². The van der Waals surface area contributed by atoms with Crippen molar-refractivity contribution in [2.75, 3.05) is 6.61 Å². The molecule has 0 spiro atoms. The Morgan fingerprint density at radius 3 is 2.44 bits per heavy atom. The molecule has 52 valence electrons. The molecule has 5 heteroatoms. The highest BCUT2D eigenvalue weighted by atomic mass is 16.4. The van der Waals surface area contributed by atoms with Gasteiger partial charge in [0.15, 0.2) is 0 Å². The van der Waals surface area contributed by atoms with Gasteiger partial charge in [-0.25, -0.2) is 4.79 Å². The van der Waals surface area contributed by atoms with Crippen LogP contribution < -0.4 is 5.32 Å². The van der Waals surface area contributed by atoms with Crippen molar-refractivity contribution < 1.29 is 19.8 Å². The Morgan fingerprint density at radius 2 is 2.33 bits per heavy atom. The zero-order chi connectivity index (χ0) is 7.28. The van der Waals surface area contributed by atoms with Crippen molar-refractivity contribution in [3.8, 4) is 0 Å². The minimum Gasteiger partial charge on any atom is -0.465 e. The standard InChI is InChI=1S/C4H7NO4/c6-1-3(2-7)5-4(8)9/h1,3,5,7H,2H2,(H,8,9)/t3-/m1/s1. The van der Waals surface area contributed by atoms with Crippen LogP contribution in [0.1, 0.15) is 0 Å². The van der Waals surface area contributed by atoms with E-state index in [4.69, 9.17) is 10.2 Å². The van der Waals surface area contributed by atoms with E-state index in [2.05, 4.69) is 0 Å². The number of carbonyl (C=O) groups excluding carboxylic acids is 1. The molecule has 1 atom stereocenters. The van der Waals surface area contributed by atoms with E-state index in [-0.39, 0.29) is 0 Å². The van der Waals surface area contributed by atoms with Gasteiger partial charge in [0.25, 0.3) is 0 Å². The Labute approximate surface area is 51.3 Å². The number of amides is 1. The van der Waals surface area contributed by atoms with Crippen molar-refractivity contribution in [3.63, 3.8) is 0 Å². The average molecular weight is 133 g/mol. The minimum atomic E-state index is -1.32. The monoisotopic (exact) mass is 133 g/mol. The van der Waals surface area contributed by atoms with Crippen LogP contribution in [-0.2, 0) is 4.79 Å². The number of hydrogen-bond acceptors (Lipinski definition) is 3. The van der Waals surface area contributed by atoms with Crippen molar-refractivity contribution in [3.05, 3.63) is 0 Å². The van der Waals surface area contributed by atoms with Gasteiger partial charge in [0.1, 0.15) is 12.3 Å². The molecule has 1 amide bonds. The fraction of sp³-hybridized carbons (Fsp3) is 0.500. The normalized spacial score (nSPS) is 12.1. The fourth-order valence-corrected chi connectivity index (χ4v) is 0.281. The zero-order valence-electron chi connectivity index (χ0n) is 4.57. The van der Waals surface area contributed by atoms with E-state index in [9.17, 15) is 9.59 Å². The SMILES string of the molecule is O=C[C@H](CO)NC(=O)O. The lowest BCUT2D eigenvalue weighted by Gasteiger charge is -2.03. The van der Waals surface area contributed by atoms with E-state index in [0.29, 0.717) is 6.29 Å². The first kappa shape index (κ1) is 7.90. The first-order valence-electron chi connectivity index (χ1n) is 2.26. The third-order valence-electron chi connectivity index (χ3n) is 0.670. The van der Waals surface area contributed by atoms with E-state index in [0.717, 1.165) is 0 Å². The van der Waals surface area contributed by atoms with Gasteiger partial charge < -0.3 is 20.3 Å². The van der Waals surface area contributed by atoms with Gasteiger partial charge in [0.05, 0.1) is 6.61 Å². The molecule has 0 radical (unpaired) electrons. The van der Waals surface area contributed by atoms with Crippen molar-refractivity contribution in [2.45, 2.75) is 6.04 Å². The summed E-state index contributed by atoms with van der Waals surface area (Å²) in [7, 11) is 0. The van der Waals surface area contributed by atoms with Crippen LogP contribution in [0.3, 0.4) is 0 Å². The molecule has 5 nitrogen and oxygen atoms in total. The Balaban J connectivity index is 3.55. The lowest BCUT2D eigenvalue weighted by molar-refractivity contribution is -0.110. The number of rotatable bonds is 3. The van der Waals surface area contributed by atoms with Crippen LogP contribution >= 0.6 is 0 Å². The van der Waals surface area contributed by atoms with Crippen molar-refractivity contribution in [1.82, 2.24) is 5.32 Å². The number of nitrogens with one attached hydrogen (secondary N) is 1. The summed E-state index contributed by atoms with van der Waals surface area (Å²) in [6.07, 6.45) is -0.991. The molecule has 0 unspecified atom stereocenters. The van der Waals surface area contributed by atoms with Crippen LogP contribution in [0.4, 0.5) is 4.79 Å². The molecular weight excluding hydrogens is 126 g/mol. The van der Waals surface area contributed by atoms with Crippen LogP contribution in [0.15, 0.2) is 0 Å². The van der Waals surface area contributed by atoms with Crippen molar-refractivity contribution in [2.24, 2.45) is 0 Å². The van der Waals surface area contributed by atoms with Gasteiger partial charge in [-0.15, -0.1) is 0 Å². The van der Waals surface area contributed by atoms with Crippen molar-refractivity contribution in [1.29, 1.82) is 0 Å². The summed E-state index contributed by atoms with van der Waals surface area (Å²) >= 11 is 0. The van der Waals surface area contributed by atoms with Gasteiger partial charge in [0, 0.05) is 0 Å². The largest absolute Gasteiger partial charge is 0.465 e. The summed E-state index contributed by atoms with van der Waals surface area (Å²) in [4.78, 5) is 19.5. The smallest absolute Gasteiger partial charge is 0.405 e. The Kier molecular flexibility index (Phi) is 3.38. The lowest BCUT2D eigenvalue weighted by Crippen LogP contribution is -2.37. The van der Waals surface area contributed by atoms with E-state index in [1.807, 2.05) is 0 Å². The molecule has 0 aromatic rings. The number of aldehydes is 1. The summed E-state index contributed by atoms with van der Waals surface area (Å²) in [5.74, 6) is 0. The predicted molar refractivity (Wildman–Crippen MR) is 28.1 cm³/mol. The molecule has 9 heavy (non-hydrogen) atoms. The van der Waals surface area contributed by atoms with E-state index >= 15 is 0 Å². The van der Waals surface area contributed by atoms with Gasteiger partial charge in [-0.05, 0) is 0 Å². The maximum atomic E-state index is 9.79. The third-order valence-corrected chi connectivity index (χ3v) is 0.670. The molecule has 0 saturated heterocycles. The number of aliphatic hydroxyl groups is 1. The fourth-order valence-electron chi connectivity index (χ4n) is 0.281. The van der Waals surface area contributed by atoms with Gasteiger partial charge in [-0.2, -0.15) is 0 Å². The van der Waals surface area contributed by atoms with Gasteiger partial charge in [-0.3, -0.25) is 0 Å². The highest BCUT2D eigenvalue weighted by Gasteiger charge is 2.06. The molecule has 0 aliphatic rings. The molecule has 3 N–H and O–H groups in total. The summed E-state index contributed by atoms with van der Waals surface area (Å²) in [6.45, 7) is -0.504. The quantitative estimate of drug-likeness (QED) is 0.422. The molecule has 0 bridgehead atoms. The summed E-state index contributed by atoms with van der Waals surface area (Å²) in [6, 6.07) is -0.998. The van der Waals surface area contributed by atoms with Crippen LogP contribution in [-0.4, -0.2) is 35.2 Å². The van der Waals surface area contributed by atoms with E-state index < -0.39 is 18.7 Å². The first-order valence-corrected chi connectivity index (χ1v) is 2.26. The summed E-state index contributed by atoms with van der Waals surface area (Å²) < 4.78 is 0. The highest BCUT2D eigenvalue weighted by Crippen LogP contribution is 1.73. The maximum Gasteiger partial charge on any atom is 0.405 e. The van der Waals surface area contributed by atoms with Gasteiger partial charge in [-0.1, -0.05) is 0 Å². The number of carbonyl (C=O) groups is 2. The van der Waals surface area contributed by atoms with Crippen LogP contribution in [0.2, 0.25) is 0 Å². The van der Waals surface area contributed by atoms with Crippen LogP contribution in [0.5, 0.6) is 0 Å². The predicted octanol–water partition coefficient (Wildman–Crippen LogP) is -1.19. The minimum absolute atomic E-state index is 0.328. The highest BCUT2D eigenvalue weighted by molar-refractivity contribution is 5.71. The third kappa shape index (κ3) is 3.48. The van der Waals surface area contributed by atoms with E-state index in [1.54, 1.807) is 5.32 Å². The molecular formula is C4H7NO4. The maximum absolute atomic E-state index is 9.79. The van der Waals surface area contributed by atoms with E-state index in [1.165, 1.54) is 0 Å².